The molecule has 0 atom stereocenters. The summed E-state index contributed by atoms with van der Waals surface area (Å²) in [5.74, 6) is 0. The minimum atomic E-state index is 0.552. The van der Waals surface area contributed by atoms with Gasteiger partial charge in [-0.15, -0.1) is 0 Å². The zero-order chi connectivity index (χ0) is 12.0. The molecule has 0 aliphatic carbocycles. The van der Waals surface area contributed by atoms with Gasteiger partial charge in [0, 0.05) is 0 Å². The van der Waals surface area contributed by atoms with Gasteiger partial charge in [-0.05, 0) is 11.8 Å². The lowest BCUT2D eigenvalue weighted by Gasteiger charge is -2.16. The summed E-state index contributed by atoms with van der Waals surface area (Å²) in [5, 5.41) is 10.8. The van der Waals surface area contributed by atoms with Gasteiger partial charge in [-0.2, -0.15) is 0 Å². The van der Waals surface area contributed by atoms with Gasteiger partial charge in [-0.3, -0.25) is 0 Å². The maximum Gasteiger partial charge on any atom is 0.231 e. The molecule has 0 aliphatic rings. The second-order valence-corrected chi connectivity index (χ2v) is 3.87. The van der Waals surface area contributed by atoms with Crippen LogP contribution in [0.25, 0.3) is 0 Å². The third-order valence-electron chi connectivity index (χ3n) is 1.28. The summed E-state index contributed by atoms with van der Waals surface area (Å²) < 4.78 is 0. The first-order chi connectivity index (χ1) is 6.39. The third kappa shape index (κ3) is 72.5. The monoisotopic (exact) mass is 200 g/mol. The van der Waals surface area contributed by atoms with Crippen LogP contribution in [0.1, 0.15) is 47.0 Å². The van der Waals surface area contributed by atoms with Crippen molar-refractivity contribution in [3.05, 3.63) is 0 Å². The fraction of sp³-hybridized carbons (Fsp3) is 0.800. The zero-order valence-corrected chi connectivity index (χ0v) is 9.44. The molecule has 4 nitrogen and oxygen atoms in total. The molecule has 0 saturated carbocycles. The predicted octanol–water partition coefficient (Wildman–Crippen LogP) is 3.02. The van der Waals surface area contributed by atoms with E-state index in [1.807, 2.05) is 0 Å². The number of carbonyl (C=O) groups excluding carboxylic acids is 2. The van der Waals surface area contributed by atoms with E-state index in [4.69, 9.17) is 20.4 Å². The Morgan fingerprint density at radius 2 is 1.36 bits per heavy atom. The van der Waals surface area contributed by atoms with Crippen LogP contribution in [0.4, 0.5) is 0 Å². The normalized spacial score (nSPS) is 8.00. The van der Waals surface area contributed by atoms with Crippen LogP contribution in [-0.4, -0.2) is 12.2 Å². The number of hydrogen-bond donors (Lipinski definition) is 2. The minimum absolute atomic E-state index is 0.552. The van der Waals surface area contributed by atoms with Gasteiger partial charge in [0.1, 0.15) is 0 Å². The molecule has 0 radical (unpaired) electrons. The van der Waals surface area contributed by atoms with Crippen LogP contribution in [0.5, 0.6) is 0 Å². The van der Waals surface area contributed by atoms with Gasteiger partial charge in [0.05, 0.1) is 0 Å². The van der Waals surface area contributed by atoms with E-state index in [9.17, 15) is 0 Å². The molecular formula is C10H20N2O2. The lowest BCUT2D eigenvalue weighted by atomic mass is 9.90. The van der Waals surface area contributed by atoms with Crippen LogP contribution in [0, 0.1) is 16.2 Å². The largest absolute Gasteiger partial charge is 0.231 e. The van der Waals surface area contributed by atoms with E-state index < -0.39 is 0 Å². The Labute approximate surface area is 85.7 Å². The second-order valence-electron chi connectivity index (χ2n) is 3.87. The average molecular weight is 200 g/mol. The first kappa shape index (κ1) is 18.5. The van der Waals surface area contributed by atoms with E-state index in [2.05, 4.69) is 27.7 Å². The standard InChI is InChI=1S/C8H18.2CHNO/c1-5-6-7-8(2,3)4;2*2-1-3/h5-7H2,1-4H3;2*2H. The molecule has 0 aliphatic heterocycles. The van der Waals surface area contributed by atoms with Crippen LogP contribution < -0.4 is 0 Å². The van der Waals surface area contributed by atoms with E-state index >= 15 is 0 Å². The highest BCUT2D eigenvalue weighted by Gasteiger charge is 2.07. The molecule has 0 spiro atoms. The molecule has 0 unspecified atom stereocenters. The Balaban J connectivity index is -0.000000168. The predicted molar refractivity (Wildman–Crippen MR) is 55.8 cm³/mol. The Bertz CT molecular complexity index is 159. The van der Waals surface area contributed by atoms with E-state index in [0.29, 0.717) is 5.41 Å². The molecule has 4 heteroatoms. The zero-order valence-electron chi connectivity index (χ0n) is 9.44. The van der Waals surface area contributed by atoms with Crippen molar-refractivity contribution in [1.82, 2.24) is 0 Å². The Morgan fingerprint density at radius 1 is 1.07 bits per heavy atom. The Kier molecular flexibility index (Phi) is 18.9. The number of nitrogens with one attached hydrogen (secondary N) is 2. The molecule has 0 saturated heterocycles. The summed E-state index contributed by atoms with van der Waals surface area (Å²) in [4.78, 5) is 16.7. The van der Waals surface area contributed by atoms with Crippen LogP contribution in [-0.2, 0) is 9.59 Å². The molecule has 14 heavy (non-hydrogen) atoms. The van der Waals surface area contributed by atoms with Crippen molar-refractivity contribution >= 4 is 12.2 Å². The first-order valence-electron chi connectivity index (χ1n) is 4.47. The fourth-order valence-electron chi connectivity index (χ4n) is 0.707. The van der Waals surface area contributed by atoms with Gasteiger partial charge in [0.15, 0.2) is 0 Å². The summed E-state index contributed by atoms with van der Waals surface area (Å²) in [5.41, 5.74) is 0.552. The van der Waals surface area contributed by atoms with Crippen molar-refractivity contribution in [3.8, 4) is 0 Å². The highest BCUT2D eigenvalue weighted by atomic mass is 16.1. The van der Waals surface area contributed by atoms with Gasteiger partial charge >= 0.3 is 0 Å². The SMILES string of the molecule is CCCCC(C)(C)C.N=C=O.N=C=O. The van der Waals surface area contributed by atoms with Crippen molar-refractivity contribution in [2.75, 3.05) is 0 Å². The molecule has 0 aromatic rings. The van der Waals surface area contributed by atoms with Crippen LogP contribution in [0.15, 0.2) is 0 Å². The highest BCUT2D eigenvalue weighted by molar-refractivity contribution is 5.26. The van der Waals surface area contributed by atoms with E-state index in [0.717, 1.165) is 12.2 Å². The molecule has 0 heterocycles. The molecule has 2 N–H and O–H groups in total. The van der Waals surface area contributed by atoms with Crippen molar-refractivity contribution < 1.29 is 9.59 Å². The topological polar surface area (TPSA) is 81.8 Å². The molecule has 0 amide bonds. The summed E-state index contributed by atoms with van der Waals surface area (Å²) in [7, 11) is 0. The first-order valence-corrected chi connectivity index (χ1v) is 4.47. The minimum Gasteiger partial charge on any atom is -0.222 e. The lowest BCUT2D eigenvalue weighted by Crippen LogP contribution is -2.03. The molecule has 0 aromatic heterocycles. The number of isocyanates is 2. The van der Waals surface area contributed by atoms with Crippen LogP contribution in [0.2, 0.25) is 0 Å². The molecule has 0 fully saturated rings. The smallest absolute Gasteiger partial charge is 0.222 e. The van der Waals surface area contributed by atoms with Crippen LogP contribution >= 0.6 is 0 Å². The van der Waals surface area contributed by atoms with Crippen molar-refractivity contribution in [1.29, 1.82) is 10.8 Å². The molecule has 0 rings (SSSR count). The van der Waals surface area contributed by atoms with Crippen molar-refractivity contribution in [2.45, 2.75) is 47.0 Å². The summed E-state index contributed by atoms with van der Waals surface area (Å²) >= 11 is 0. The fourth-order valence-corrected chi connectivity index (χ4v) is 0.707. The second kappa shape index (κ2) is 14.3. The third-order valence-corrected chi connectivity index (χ3v) is 1.28. The quantitative estimate of drug-likeness (QED) is 0.530. The van der Waals surface area contributed by atoms with Gasteiger partial charge in [0.25, 0.3) is 0 Å². The van der Waals surface area contributed by atoms with Gasteiger partial charge in [-0.25, -0.2) is 20.4 Å². The highest BCUT2D eigenvalue weighted by Crippen LogP contribution is 2.20. The van der Waals surface area contributed by atoms with Gasteiger partial charge in [-0.1, -0.05) is 40.5 Å². The van der Waals surface area contributed by atoms with Crippen molar-refractivity contribution in [3.63, 3.8) is 0 Å². The number of rotatable bonds is 2. The van der Waals surface area contributed by atoms with Gasteiger partial charge < -0.3 is 0 Å². The Hall–Kier alpha value is -1.24. The van der Waals surface area contributed by atoms with E-state index in [-0.39, 0.29) is 0 Å². The summed E-state index contributed by atoms with van der Waals surface area (Å²) in [6, 6.07) is 0. The average Bonchev–Trinajstić information content (AvgIpc) is 2.02. The maximum absolute atomic E-state index is 8.35. The van der Waals surface area contributed by atoms with E-state index in [1.165, 1.54) is 19.3 Å². The summed E-state index contributed by atoms with van der Waals surface area (Å²) in [6.07, 6.45) is 5.57. The molecular weight excluding hydrogens is 180 g/mol. The molecule has 0 bridgehead atoms. The molecule has 0 aromatic carbocycles. The van der Waals surface area contributed by atoms with Crippen LogP contribution in [0.3, 0.4) is 0 Å². The Morgan fingerprint density at radius 3 is 1.43 bits per heavy atom. The lowest BCUT2D eigenvalue weighted by molar-refractivity contribution is 0.363. The number of hydrogen-bond acceptors (Lipinski definition) is 4. The molecule has 82 valence electrons. The summed E-state index contributed by atoms with van der Waals surface area (Å²) in [6.45, 7) is 9.12. The number of unbranched alkanes of at least 4 members (excludes halogenated alkanes) is 1. The van der Waals surface area contributed by atoms with E-state index in [1.54, 1.807) is 0 Å². The van der Waals surface area contributed by atoms with Crippen molar-refractivity contribution in [2.24, 2.45) is 5.41 Å². The van der Waals surface area contributed by atoms with Gasteiger partial charge in [0.2, 0.25) is 12.2 Å². The maximum atomic E-state index is 8.35.